The molecule has 1 aliphatic carbocycles. The molecule has 0 aromatic carbocycles. The minimum atomic E-state index is 0.0737. The van der Waals surface area contributed by atoms with Crippen molar-refractivity contribution in [1.29, 1.82) is 0 Å². The first-order chi connectivity index (χ1) is 9.87. The third-order valence-corrected chi connectivity index (χ3v) is 4.23. The van der Waals surface area contributed by atoms with E-state index in [9.17, 15) is 4.79 Å². The summed E-state index contributed by atoms with van der Waals surface area (Å²) in [5, 5.41) is 15.8. The van der Waals surface area contributed by atoms with Gasteiger partial charge in [0.25, 0.3) is 0 Å². The van der Waals surface area contributed by atoms with Gasteiger partial charge in [-0.2, -0.15) is 0 Å². The lowest BCUT2D eigenvalue weighted by Gasteiger charge is -2.20. The number of nitrogens with one attached hydrogen (secondary N) is 1. The molecule has 118 valence electrons. The van der Waals surface area contributed by atoms with Gasteiger partial charge in [0.2, 0.25) is 11.1 Å². The van der Waals surface area contributed by atoms with Gasteiger partial charge in [-0.3, -0.25) is 4.79 Å². The molecule has 1 amide bonds. The summed E-state index contributed by atoms with van der Waals surface area (Å²) in [4.78, 5) is 13.8. The van der Waals surface area contributed by atoms with Crippen molar-refractivity contribution >= 4 is 17.7 Å². The Morgan fingerprint density at radius 1 is 1.48 bits per heavy atom. The zero-order valence-corrected chi connectivity index (χ0v) is 14.0. The number of hydrogen-bond acceptors (Lipinski definition) is 6. The molecule has 0 spiro atoms. The number of nitrogens with zero attached hydrogens (tertiary/aromatic N) is 5. The predicted molar refractivity (Wildman–Crippen MR) is 82.1 cm³/mol. The van der Waals surface area contributed by atoms with E-state index in [1.54, 1.807) is 4.68 Å². The molecular weight excluding hydrogens is 288 g/mol. The molecule has 2 rings (SSSR count). The van der Waals surface area contributed by atoms with Gasteiger partial charge in [-0.15, -0.1) is 5.10 Å². The van der Waals surface area contributed by atoms with Crippen LogP contribution in [0.4, 0.5) is 0 Å². The molecule has 0 atom stereocenters. The summed E-state index contributed by atoms with van der Waals surface area (Å²) >= 11 is 1.40. The van der Waals surface area contributed by atoms with E-state index in [4.69, 9.17) is 0 Å². The third kappa shape index (κ3) is 5.28. The average molecular weight is 312 g/mol. The number of hydrogen-bond donors (Lipinski definition) is 1. The minimum Gasteiger partial charge on any atom is -0.342 e. The molecule has 0 radical (unpaired) electrons. The molecule has 1 aromatic heterocycles. The Kier molecular flexibility index (Phi) is 5.21. The molecule has 0 aliphatic heterocycles. The maximum Gasteiger partial charge on any atom is 0.233 e. The Morgan fingerprint density at radius 2 is 2.19 bits per heavy atom. The van der Waals surface area contributed by atoms with Gasteiger partial charge in [0.15, 0.2) is 0 Å². The van der Waals surface area contributed by atoms with E-state index < -0.39 is 0 Å². The molecule has 1 fully saturated rings. The second kappa shape index (κ2) is 6.74. The van der Waals surface area contributed by atoms with Gasteiger partial charge in [0, 0.05) is 25.2 Å². The fourth-order valence-electron chi connectivity index (χ4n) is 1.87. The van der Waals surface area contributed by atoms with Gasteiger partial charge < -0.3 is 10.2 Å². The highest BCUT2D eigenvalue weighted by Crippen LogP contribution is 2.26. The number of rotatable bonds is 7. The lowest BCUT2D eigenvalue weighted by Crippen LogP contribution is -2.38. The average Bonchev–Trinajstić information content (AvgIpc) is 3.15. The van der Waals surface area contributed by atoms with E-state index in [0.29, 0.717) is 23.5 Å². The van der Waals surface area contributed by atoms with Crippen molar-refractivity contribution in [3.8, 4) is 0 Å². The van der Waals surface area contributed by atoms with Crippen molar-refractivity contribution < 1.29 is 4.79 Å². The van der Waals surface area contributed by atoms with Crippen molar-refractivity contribution in [1.82, 2.24) is 30.4 Å². The van der Waals surface area contributed by atoms with Crippen LogP contribution in [0.15, 0.2) is 5.16 Å². The van der Waals surface area contributed by atoms with Crippen LogP contribution < -0.4 is 5.32 Å². The van der Waals surface area contributed by atoms with E-state index in [1.807, 2.05) is 11.9 Å². The maximum absolute atomic E-state index is 12.0. The Morgan fingerprint density at radius 3 is 2.81 bits per heavy atom. The number of amides is 1. The smallest absolute Gasteiger partial charge is 0.233 e. The molecule has 0 saturated heterocycles. The van der Waals surface area contributed by atoms with E-state index in [-0.39, 0.29) is 11.4 Å². The SMILES string of the molecule is CN(C(=O)CSc1nnnn1CCNC(C)(C)C)C1CC1. The maximum atomic E-state index is 12.0. The Labute approximate surface area is 129 Å². The van der Waals surface area contributed by atoms with Gasteiger partial charge in [-0.25, -0.2) is 4.68 Å². The summed E-state index contributed by atoms with van der Waals surface area (Å²) in [7, 11) is 1.87. The van der Waals surface area contributed by atoms with Gasteiger partial charge >= 0.3 is 0 Å². The van der Waals surface area contributed by atoms with Crippen LogP contribution in [0, 0.1) is 0 Å². The number of carbonyl (C=O) groups excluding carboxylic acids is 1. The van der Waals surface area contributed by atoms with Gasteiger partial charge in [0.05, 0.1) is 12.3 Å². The topological polar surface area (TPSA) is 75.9 Å². The molecule has 0 bridgehead atoms. The minimum absolute atomic E-state index is 0.0737. The van der Waals surface area contributed by atoms with Crippen molar-refractivity contribution in [2.24, 2.45) is 0 Å². The van der Waals surface area contributed by atoms with Crippen molar-refractivity contribution in [2.45, 2.75) is 56.9 Å². The normalized spacial score (nSPS) is 15.2. The van der Waals surface area contributed by atoms with Crippen LogP contribution in [-0.2, 0) is 11.3 Å². The van der Waals surface area contributed by atoms with Crippen molar-refractivity contribution in [3.05, 3.63) is 0 Å². The van der Waals surface area contributed by atoms with Gasteiger partial charge in [-0.05, 0) is 44.0 Å². The number of thioether (sulfide) groups is 1. The zero-order valence-electron chi connectivity index (χ0n) is 13.2. The number of carbonyl (C=O) groups is 1. The van der Waals surface area contributed by atoms with E-state index in [0.717, 1.165) is 19.4 Å². The molecule has 0 unspecified atom stereocenters. The summed E-state index contributed by atoms with van der Waals surface area (Å²) in [6.07, 6.45) is 2.26. The molecule has 1 heterocycles. The van der Waals surface area contributed by atoms with E-state index in [1.165, 1.54) is 11.8 Å². The highest BCUT2D eigenvalue weighted by Gasteiger charge is 2.29. The fraction of sp³-hybridized carbons (Fsp3) is 0.846. The summed E-state index contributed by atoms with van der Waals surface area (Å²) < 4.78 is 1.74. The first kappa shape index (κ1) is 16.2. The van der Waals surface area contributed by atoms with Crippen molar-refractivity contribution in [2.75, 3.05) is 19.3 Å². The second-order valence-electron chi connectivity index (χ2n) is 6.39. The molecule has 7 nitrogen and oxygen atoms in total. The van der Waals surface area contributed by atoms with Crippen LogP contribution in [-0.4, -0.2) is 61.9 Å². The third-order valence-electron chi connectivity index (χ3n) is 3.29. The quantitative estimate of drug-likeness (QED) is 0.750. The van der Waals surface area contributed by atoms with Crippen molar-refractivity contribution in [3.63, 3.8) is 0 Å². The number of tetrazole rings is 1. The second-order valence-corrected chi connectivity index (χ2v) is 7.33. The Bertz CT molecular complexity index is 479. The van der Waals surface area contributed by atoms with E-state index in [2.05, 4.69) is 41.6 Å². The summed E-state index contributed by atoms with van der Waals surface area (Å²) in [6.45, 7) is 7.84. The molecule has 21 heavy (non-hydrogen) atoms. The van der Waals surface area contributed by atoms with Crippen LogP contribution >= 0.6 is 11.8 Å². The largest absolute Gasteiger partial charge is 0.342 e. The van der Waals surface area contributed by atoms with Crippen LogP contribution in [0.25, 0.3) is 0 Å². The summed E-state index contributed by atoms with van der Waals surface area (Å²) in [6, 6.07) is 0.449. The van der Waals surface area contributed by atoms with E-state index >= 15 is 0 Å². The van der Waals surface area contributed by atoms with Gasteiger partial charge in [-0.1, -0.05) is 11.8 Å². The lowest BCUT2D eigenvalue weighted by molar-refractivity contribution is -0.127. The van der Waals surface area contributed by atoms with Crippen LogP contribution in [0.1, 0.15) is 33.6 Å². The molecule has 1 saturated carbocycles. The molecule has 1 aliphatic rings. The molecule has 1 N–H and O–H groups in total. The van der Waals surface area contributed by atoms with Crippen LogP contribution in [0.5, 0.6) is 0 Å². The number of aromatic nitrogens is 4. The summed E-state index contributed by atoms with van der Waals surface area (Å²) in [5.41, 5.74) is 0.0737. The first-order valence-electron chi connectivity index (χ1n) is 7.26. The predicted octanol–water partition coefficient (Wildman–Crippen LogP) is 0.774. The highest BCUT2D eigenvalue weighted by molar-refractivity contribution is 7.99. The molecule has 8 heteroatoms. The Hall–Kier alpha value is -1.15. The summed E-state index contributed by atoms with van der Waals surface area (Å²) in [5.74, 6) is 0.532. The standard InChI is InChI=1S/C13H24N6OS/c1-13(2,3)14-7-8-19-12(15-16-17-19)21-9-11(20)18(4)10-5-6-10/h10,14H,5-9H2,1-4H3. The van der Waals surface area contributed by atoms with Crippen LogP contribution in [0.3, 0.4) is 0 Å². The molecular formula is C13H24N6OS. The fourth-order valence-corrected chi connectivity index (χ4v) is 2.70. The highest BCUT2D eigenvalue weighted by atomic mass is 32.2. The lowest BCUT2D eigenvalue weighted by atomic mass is 10.1. The first-order valence-corrected chi connectivity index (χ1v) is 8.25. The zero-order chi connectivity index (χ0) is 15.5. The van der Waals surface area contributed by atoms with Crippen LogP contribution in [0.2, 0.25) is 0 Å². The Balaban J connectivity index is 1.78. The monoisotopic (exact) mass is 312 g/mol. The molecule has 1 aromatic rings. The van der Waals surface area contributed by atoms with Gasteiger partial charge in [0.1, 0.15) is 0 Å².